The number of carboxylic acids is 1. The van der Waals surface area contributed by atoms with Crippen molar-refractivity contribution in [2.24, 2.45) is 0 Å². The number of rotatable bonds is 4. The van der Waals surface area contributed by atoms with Crippen LogP contribution in [0, 0.1) is 0 Å². The minimum absolute atomic E-state index is 0.243. The van der Waals surface area contributed by atoms with E-state index in [4.69, 9.17) is 5.11 Å². The highest BCUT2D eigenvalue weighted by Gasteiger charge is 2.05. The normalized spacial score (nSPS) is 9.73. The average Bonchev–Trinajstić information content (AvgIpc) is 2.13. The number of carboxylic acid groups (broad SMARTS) is 1. The van der Waals surface area contributed by atoms with Gasteiger partial charge in [-0.15, -0.1) is 0 Å². The summed E-state index contributed by atoms with van der Waals surface area (Å²) in [6.45, 7) is 4.23. The Kier molecular flexibility index (Phi) is 4.35. The number of halogens is 2. The second-order valence-electron chi connectivity index (χ2n) is 2.90. The average molecular weight is 335 g/mol. The van der Waals surface area contributed by atoms with E-state index >= 15 is 0 Å². The molecule has 0 aliphatic heterocycles. The summed E-state index contributed by atoms with van der Waals surface area (Å²) in [5, 5.41) is 11.9. The first-order valence-corrected chi connectivity index (χ1v) is 5.68. The molecule has 0 aromatic heterocycles. The van der Waals surface area contributed by atoms with E-state index in [0.717, 1.165) is 14.6 Å². The Morgan fingerprint density at radius 3 is 2.67 bits per heavy atom. The third kappa shape index (κ3) is 4.05. The fraction of sp³-hybridized carbons (Fsp3) is 0.100. The molecule has 5 heteroatoms. The number of aromatic carboxylic acids is 1. The molecule has 0 saturated heterocycles. The molecule has 0 unspecified atom stereocenters. The fourth-order valence-corrected chi connectivity index (χ4v) is 1.65. The van der Waals surface area contributed by atoms with Crippen LogP contribution in [0.4, 0.5) is 5.69 Å². The number of hydrogen-bond donors (Lipinski definition) is 2. The molecular formula is C10H9Br2NO2. The van der Waals surface area contributed by atoms with Gasteiger partial charge in [0.05, 0.1) is 5.56 Å². The first kappa shape index (κ1) is 12.3. The van der Waals surface area contributed by atoms with E-state index in [9.17, 15) is 4.79 Å². The number of anilines is 1. The zero-order valence-electron chi connectivity index (χ0n) is 7.76. The van der Waals surface area contributed by atoms with Crippen molar-refractivity contribution >= 4 is 43.5 Å². The van der Waals surface area contributed by atoms with Crippen molar-refractivity contribution in [2.45, 2.75) is 0 Å². The maximum atomic E-state index is 10.8. The largest absolute Gasteiger partial charge is 0.478 e. The standard InChI is InChI=1S/C10H9Br2NO2/c1-6(11)5-13-9-3-7(10(14)15)2-8(12)4-9/h2-4,13H,1,5H2,(H,14,15). The molecule has 0 bridgehead atoms. The molecule has 3 nitrogen and oxygen atoms in total. The number of nitrogens with one attached hydrogen (secondary N) is 1. The van der Waals surface area contributed by atoms with Gasteiger partial charge in [-0.05, 0) is 18.2 Å². The summed E-state index contributed by atoms with van der Waals surface area (Å²) < 4.78 is 1.53. The van der Waals surface area contributed by atoms with Crippen molar-refractivity contribution in [3.05, 3.63) is 39.3 Å². The molecule has 1 rings (SSSR count). The van der Waals surface area contributed by atoms with Crippen LogP contribution in [0.25, 0.3) is 0 Å². The highest BCUT2D eigenvalue weighted by atomic mass is 79.9. The Labute approximate surface area is 104 Å². The lowest BCUT2D eigenvalue weighted by Crippen LogP contribution is -2.03. The SMILES string of the molecule is C=C(Br)CNc1cc(Br)cc(C(=O)O)c1. The predicted octanol–water partition coefficient (Wildman–Crippen LogP) is 3.47. The van der Waals surface area contributed by atoms with Crippen molar-refractivity contribution in [1.82, 2.24) is 0 Å². The molecule has 0 saturated carbocycles. The summed E-state index contributed by atoms with van der Waals surface area (Å²) in [7, 11) is 0. The Morgan fingerprint density at radius 2 is 2.13 bits per heavy atom. The molecule has 0 aliphatic rings. The van der Waals surface area contributed by atoms with E-state index in [2.05, 4.69) is 43.8 Å². The first-order valence-electron chi connectivity index (χ1n) is 4.10. The van der Waals surface area contributed by atoms with Crippen LogP contribution in [0.3, 0.4) is 0 Å². The van der Waals surface area contributed by atoms with Crippen molar-refractivity contribution in [3.8, 4) is 0 Å². The van der Waals surface area contributed by atoms with Gasteiger partial charge in [0.25, 0.3) is 0 Å². The highest BCUT2D eigenvalue weighted by molar-refractivity contribution is 9.11. The zero-order chi connectivity index (χ0) is 11.4. The van der Waals surface area contributed by atoms with Gasteiger partial charge in [-0.3, -0.25) is 0 Å². The molecule has 80 valence electrons. The summed E-state index contributed by atoms with van der Waals surface area (Å²) in [6.07, 6.45) is 0. The molecule has 0 fully saturated rings. The monoisotopic (exact) mass is 333 g/mol. The van der Waals surface area contributed by atoms with Crippen LogP contribution in [0.5, 0.6) is 0 Å². The van der Waals surface area contributed by atoms with E-state index in [0.29, 0.717) is 6.54 Å². The second-order valence-corrected chi connectivity index (χ2v) is 4.94. The third-order valence-corrected chi connectivity index (χ3v) is 2.37. The van der Waals surface area contributed by atoms with Gasteiger partial charge in [0, 0.05) is 21.2 Å². The van der Waals surface area contributed by atoms with Gasteiger partial charge in [0.15, 0.2) is 0 Å². The summed E-state index contributed by atoms with van der Waals surface area (Å²) in [5.41, 5.74) is 0.981. The van der Waals surface area contributed by atoms with E-state index in [-0.39, 0.29) is 5.56 Å². The maximum Gasteiger partial charge on any atom is 0.335 e. The molecule has 2 N–H and O–H groups in total. The van der Waals surface area contributed by atoms with E-state index < -0.39 is 5.97 Å². The zero-order valence-corrected chi connectivity index (χ0v) is 10.9. The van der Waals surface area contributed by atoms with Crippen molar-refractivity contribution in [1.29, 1.82) is 0 Å². The third-order valence-electron chi connectivity index (χ3n) is 1.63. The quantitative estimate of drug-likeness (QED) is 0.886. The van der Waals surface area contributed by atoms with Crippen molar-refractivity contribution in [2.75, 3.05) is 11.9 Å². The molecule has 0 spiro atoms. The molecule has 0 heterocycles. The molecule has 0 atom stereocenters. The van der Waals surface area contributed by atoms with Gasteiger partial charge in [0.2, 0.25) is 0 Å². The summed E-state index contributed by atoms with van der Waals surface area (Å²) in [6, 6.07) is 4.93. The maximum absolute atomic E-state index is 10.8. The molecule has 0 amide bonds. The smallest absolute Gasteiger partial charge is 0.335 e. The van der Waals surface area contributed by atoms with Crippen molar-refractivity contribution in [3.63, 3.8) is 0 Å². The molecule has 15 heavy (non-hydrogen) atoms. The lowest BCUT2D eigenvalue weighted by atomic mass is 10.2. The minimum Gasteiger partial charge on any atom is -0.478 e. The van der Waals surface area contributed by atoms with E-state index in [1.165, 1.54) is 0 Å². The predicted molar refractivity (Wildman–Crippen MR) is 67.7 cm³/mol. The summed E-state index contributed by atoms with van der Waals surface area (Å²) in [4.78, 5) is 10.8. The number of benzene rings is 1. The summed E-state index contributed by atoms with van der Waals surface area (Å²) in [5.74, 6) is -0.947. The van der Waals surface area contributed by atoms with Gasteiger partial charge < -0.3 is 10.4 Å². The Hall–Kier alpha value is -0.810. The molecule has 0 aliphatic carbocycles. The Bertz CT molecular complexity index is 404. The van der Waals surface area contributed by atoms with Gasteiger partial charge in [-0.2, -0.15) is 0 Å². The van der Waals surface area contributed by atoms with Crippen LogP contribution in [0.1, 0.15) is 10.4 Å². The highest BCUT2D eigenvalue weighted by Crippen LogP contribution is 2.20. The second kappa shape index (κ2) is 5.32. The van der Waals surface area contributed by atoms with Crippen LogP contribution in [-0.2, 0) is 0 Å². The summed E-state index contributed by atoms with van der Waals surface area (Å²) >= 11 is 6.46. The van der Waals surface area contributed by atoms with Gasteiger partial charge in [-0.25, -0.2) is 4.79 Å². The Balaban J connectivity index is 2.88. The Morgan fingerprint density at radius 1 is 1.47 bits per heavy atom. The van der Waals surface area contributed by atoms with E-state index in [1.54, 1.807) is 12.1 Å². The van der Waals surface area contributed by atoms with E-state index in [1.807, 2.05) is 6.07 Å². The van der Waals surface area contributed by atoms with Crippen LogP contribution < -0.4 is 5.32 Å². The number of hydrogen-bond acceptors (Lipinski definition) is 2. The minimum atomic E-state index is -0.947. The number of carbonyl (C=O) groups is 1. The van der Waals surface area contributed by atoms with Crippen LogP contribution >= 0.6 is 31.9 Å². The fourth-order valence-electron chi connectivity index (χ4n) is 1.01. The van der Waals surface area contributed by atoms with Crippen LogP contribution in [0.15, 0.2) is 33.7 Å². The first-order chi connectivity index (χ1) is 6.99. The topological polar surface area (TPSA) is 49.3 Å². The van der Waals surface area contributed by atoms with Gasteiger partial charge in [-0.1, -0.05) is 38.4 Å². The van der Waals surface area contributed by atoms with Crippen molar-refractivity contribution < 1.29 is 9.90 Å². The lowest BCUT2D eigenvalue weighted by Gasteiger charge is -2.06. The lowest BCUT2D eigenvalue weighted by molar-refractivity contribution is 0.0697. The molecule has 1 aromatic carbocycles. The molecule has 1 aromatic rings. The molecular weight excluding hydrogens is 326 g/mol. The molecule has 0 radical (unpaired) electrons. The van der Waals surface area contributed by atoms with Crippen LogP contribution in [0.2, 0.25) is 0 Å². The van der Waals surface area contributed by atoms with Gasteiger partial charge >= 0.3 is 5.97 Å². The van der Waals surface area contributed by atoms with Crippen LogP contribution in [-0.4, -0.2) is 17.6 Å². The van der Waals surface area contributed by atoms with Gasteiger partial charge in [0.1, 0.15) is 0 Å².